The average Bonchev–Trinajstić information content (AvgIpc) is 2.57. The van der Waals surface area contributed by atoms with Gasteiger partial charge in [0.15, 0.2) is 0 Å². The molecule has 0 radical (unpaired) electrons. The maximum absolute atomic E-state index is 5.57. The minimum atomic E-state index is 0.906. The van der Waals surface area contributed by atoms with Crippen LogP contribution in [0.2, 0.25) is 0 Å². The largest absolute Gasteiger partial charge is 0.502 e. The van der Waals surface area contributed by atoms with Gasteiger partial charge < -0.3 is 4.74 Å². The molecular formula is C22H44O. The summed E-state index contributed by atoms with van der Waals surface area (Å²) in [5, 5.41) is 0. The van der Waals surface area contributed by atoms with Gasteiger partial charge in [0, 0.05) is 0 Å². The number of ether oxygens (including phenoxy) is 1. The molecule has 0 amide bonds. The van der Waals surface area contributed by atoms with Crippen LogP contribution in [0.25, 0.3) is 0 Å². The second-order valence-electron chi connectivity index (χ2n) is 6.98. The minimum Gasteiger partial charge on any atom is -0.502 e. The lowest BCUT2D eigenvalue weighted by molar-refractivity contribution is 0.239. The first kappa shape index (κ1) is 22.5. The Labute approximate surface area is 147 Å². The molecule has 0 aromatic rings. The van der Waals surface area contributed by atoms with Gasteiger partial charge in [0.05, 0.1) is 12.9 Å². The van der Waals surface area contributed by atoms with Crippen LogP contribution < -0.4 is 0 Å². The molecule has 0 aromatic carbocycles. The molecule has 0 fully saturated rings. The second kappa shape index (κ2) is 21.5. The molecule has 0 rings (SSSR count). The Balaban J connectivity index is 3.03. The van der Waals surface area contributed by atoms with E-state index < -0.39 is 0 Å². The first-order chi connectivity index (χ1) is 11.4. The molecule has 0 aromatic heterocycles. The molecule has 0 saturated heterocycles. The highest BCUT2D eigenvalue weighted by molar-refractivity contribution is 4.73. The van der Waals surface area contributed by atoms with Crippen LogP contribution >= 0.6 is 0 Å². The van der Waals surface area contributed by atoms with Gasteiger partial charge in [-0.2, -0.15) is 0 Å². The minimum absolute atomic E-state index is 0.906. The van der Waals surface area contributed by atoms with Gasteiger partial charge in [-0.3, -0.25) is 0 Å². The third-order valence-corrected chi connectivity index (χ3v) is 4.53. The van der Waals surface area contributed by atoms with E-state index in [-0.39, 0.29) is 0 Å². The molecular weight excluding hydrogens is 280 g/mol. The van der Waals surface area contributed by atoms with Gasteiger partial charge >= 0.3 is 0 Å². The van der Waals surface area contributed by atoms with Crippen molar-refractivity contribution in [1.29, 1.82) is 0 Å². The van der Waals surface area contributed by atoms with Crippen molar-refractivity contribution in [3.8, 4) is 0 Å². The molecule has 0 aliphatic carbocycles. The predicted octanol–water partition coefficient (Wildman–Crippen LogP) is 8.19. The lowest BCUT2D eigenvalue weighted by Crippen LogP contribution is -1.88. The summed E-state index contributed by atoms with van der Waals surface area (Å²) in [6.45, 7) is 5.46. The highest BCUT2D eigenvalue weighted by Crippen LogP contribution is 2.10. The van der Waals surface area contributed by atoms with Gasteiger partial charge in [0.1, 0.15) is 0 Å². The first-order valence-electron chi connectivity index (χ1n) is 10.7. The molecule has 138 valence electrons. The van der Waals surface area contributed by atoms with Crippen molar-refractivity contribution < 1.29 is 4.74 Å². The van der Waals surface area contributed by atoms with Gasteiger partial charge in [0.2, 0.25) is 0 Å². The normalized spacial score (nSPS) is 11.4. The summed E-state index contributed by atoms with van der Waals surface area (Å²) in [6, 6.07) is 0. The second-order valence-corrected chi connectivity index (χ2v) is 6.98. The molecule has 0 aliphatic heterocycles. The SMILES string of the molecule is CCCCCCCCCCC=COCCCCCCCCCC. The fourth-order valence-corrected chi connectivity index (χ4v) is 2.92. The summed E-state index contributed by atoms with van der Waals surface area (Å²) >= 11 is 0. The third kappa shape index (κ3) is 21.5. The number of hydrogen-bond acceptors (Lipinski definition) is 1. The number of allylic oxidation sites excluding steroid dienone is 1. The highest BCUT2D eigenvalue weighted by atomic mass is 16.5. The maximum Gasteiger partial charge on any atom is 0.0873 e. The molecule has 0 aliphatic rings. The average molecular weight is 325 g/mol. The molecule has 0 spiro atoms. The Kier molecular flexibility index (Phi) is 21.1. The quantitative estimate of drug-likeness (QED) is 0.172. The zero-order chi connectivity index (χ0) is 16.8. The maximum atomic E-state index is 5.57. The Morgan fingerprint density at radius 1 is 0.522 bits per heavy atom. The Bertz CT molecular complexity index is 222. The predicted molar refractivity (Wildman–Crippen MR) is 105 cm³/mol. The van der Waals surface area contributed by atoms with Crippen molar-refractivity contribution in [3.05, 3.63) is 12.3 Å². The van der Waals surface area contributed by atoms with Crippen molar-refractivity contribution >= 4 is 0 Å². The summed E-state index contributed by atoms with van der Waals surface area (Å²) in [5.41, 5.74) is 0. The number of rotatable bonds is 19. The van der Waals surface area contributed by atoms with E-state index in [4.69, 9.17) is 4.74 Å². The zero-order valence-electron chi connectivity index (χ0n) is 16.3. The third-order valence-electron chi connectivity index (χ3n) is 4.53. The molecule has 23 heavy (non-hydrogen) atoms. The highest BCUT2D eigenvalue weighted by Gasteiger charge is 1.92. The van der Waals surface area contributed by atoms with Crippen LogP contribution in [0.3, 0.4) is 0 Å². The fraction of sp³-hybridized carbons (Fsp3) is 0.909. The summed E-state index contributed by atoms with van der Waals surface area (Å²) < 4.78 is 5.57. The Hall–Kier alpha value is -0.460. The van der Waals surface area contributed by atoms with Crippen molar-refractivity contribution in [1.82, 2.24) is 0 Å². The van der Waals surface area contributed by atoms with Gasteiger partial charge in [-0.25, -0.2) is 0 Å². The Morgan fingerprint density at radius 3 is 1.48 bits per heavy atom. The summed E-state index contributed by atoms with van der Waals surface area (Å²) in [4.78, 5) is 0. The van der Waals surface area contributed by atoms with Crippen LogP contribution in [0.1, 0.15) is 123 Å². The van der Waals surface area contributed by atoms with Crippen molar-refractivity contribution in [2.75, 3.05) is 6.61 Å². The molecule has 1 heteroatoms. The Morgan fingerprint density at radius 2 is 0.957 bits per heavy atom. The van der Waals surface area contributed by atoms with Crippen LogP contribution in [0.5, 0.6) is 0 Å². The van der Waals surface area contributed by atoms with Gasteiger partial charge in [-0.15, -0.1) is 0 Å². The molecule has 0 bridgehead atoms. The van der Waals surface area contributed by atoms with Crippen LogP contribution in [-0.2, 0) is 4.74 Å². The van der Waals surface area contributed by atoms with E-state index in [1.807, 2.05) is 6.26 Å². The summed E-state index contributed by atoms with van der Waals surface area (Å²) in [5.74, 6) is 0. The lowest BCUT2D eigenvalue weighted by Gasteiger charge is -2.02. The smallest absolute Gasteiger partial charge is 0.0873 e. The zero-order valence-corrected chi connectivity index (χ0v) is 16.3. The number of hydrogen-bond donors (Lipinski definition) is 0. The van der Waals surface area contributed by atoms with Crippen LogP contribution in [0.15, 0.2) is 12.3 Å². The van der Waals surface area contributed by atoms with E-state index in [1.165, 1.54) is 109 Å². The monoisotopic (exact) mass is 324 g/mol. The van der Waals surface area contributed by atoms with E-state index in [9.17, 15) is 0 Å². The lowest BCUT2D eigenvalue weighted by atomic mass is 10.1. The van der Waals surface area contributed by atoms with Crippen LogP contribution in [0.4, 0.5) is 0 Å². The molecule has 1 nitrogen and oxygen atoms in total. The fourth-order valence-electron chi connectivity index (χ4n) is 2.92. The standard InChI is InChI=1S/C22H44O/c1-3-5-7-9-11-13-14-16-18-20-22-23-21-19-17-15-12-10-8-6-4-2/h20,22H,3-19,21H2,1-2H3. The topological polar surface area (TPSA) is 9.23 Å². The van der Waals surface area contributed by atoms with Gasteiger partial charge in [-0.05, 0) is 25.3 Å². The van der Waals surface area contributed by atoms with Gasteiger partial charge in [-0.1, -0.05) is 104 Å². The van der Waals surface area contributed by atoms with Crippen molar-refractivity contribution in [2.45, 2.75) is 123 Å². The van der Waals surface area contributed by atoms with Gasteiger partial charge in [0.25, 0.3) is 0 Å². The van der Waals surface area contributed by atoms with E-state index in [1.54, 1.807) is 0 Å². The van der Waals surface area contributed by atoms with Crippen molar-refractivity contribution in [2.24, 2.45) is 0 Å². The number of unbranched alkanes of at least 4 members (excludes halogenated alkanes) is 15. The molecule has 0 saturated carbocycles. The molecule has 0 atom stereocenters. The van der Waals surface area contributed by atoms with E-state index in [0.717, 1.165) is 6.61 Å². The molecule has 0 heterocycles. The summed E-state index contributed by atoms with van der Waals surface area (Å²) in [7, 11) is 0. The van der Waals surface area contributed by atoms with Crippen molar-refractivity contribution in [3.63, 3.8) is 0 Å². The van der Waals surface area contributed by atoms with E-state index in [2.05, 4.69) is 19.9 Å². The first-order valence-corrected chi connectivity index (χ1v) is 10.7. The van der Waals surface area contributed by atoms with E-state index >= 15 is 0 Å². The molecule has 0 N–H and O–H groups in total. The van der Waals surface area contributed by atoms with Crippen LogP contribution in [-0.4, -0.2) is 6.61 Å². The van der Waals surface area contributed by atoms with Crippen LogP contribution in [0, 0.1) is 0 Å². The van der Waals surface area contributed by atoms with E-state index in [0.29, 0.717) is 0 Å². The summed E-state index contributed by atoms with van der Waals surface area (Å²) in [6.07, 6.45) is 27.5. The molecule has 0 unspecified atom stereocenters.